The maximum Gasteiger partial charge on any atom is 0.434 e. The maximum atomic E-state index is 14.1. The summed E-state index contributed by atoms with van der Waals surface area (Å²) < 4.78 is 96.4. The molecule has 0 spiro atoms. The fourth-order valence-corrected chi connectivity index (χ4v) is 3.29. The molecule has 11 heteroatoms. The molecule has 0 bridgehead atoms. The Balaban J connectivity index is 2.22. The summed E-state index contributed by atoms with van der Waals surface area (Å²) in [6.07, 6.45) is -3.17. The predicted molar refractivity (Wildman–Crippen MR) is 93.6 cm³/mol. The van der Waals surface area contributed by atoms with Crippen LogP contribution in [0.3, 0.4) is 0 Å². The molecule has 154 valence electrons. The zero-order valence-corrected chi connectivity index (χ0v) is 15.8. The highest BCUT2D eigenvalue weighted by Crippen LogP contribution is 2.34. The van der Waals surface area contributed by atoms with E-state index in [1.807, 2.05) is 0 Å². The van der Waals surface area contributed by atoms with E-state index in [1.54, 1.807) is 0 Å². The first kappa shape index (κ1) is 20.8. The molecule has 3 rings (SSSR count). The van der Waals surface area contributed by atoms with E-state index in [2.05, 4.69) is 9.72 Å². The first-order valence-electron chi connectivity index (χ1n) is 7.92. The van der Waals surface area contributed by atoms with Crippen LogP contribution in [0.4, 0.5) is 22.0 Å². The van der Waals surface area contributed by atoms with E-state index in [0.717, 1.165) is 30.1 Å². The number of imidazole rings is 1. The number of hydrogen-bond donors (Lipinski definition) is 0. The molecule has 0 aliphatic carbocycles. The first-order chi connectivity index (χ1) is 13.4. The Kier molecular flexibility index (Phi) is 5.11. The Hall–Kier alpha value is -2.95. The van der Waals surface area contributed by atoms with Crippen LogP contribution in [-0.2, 0) is 16.0 Å². The van der Waals surface area contributed by atoms with Gasteiger partial charge in [-0.3, -0.25) is 4.57 Å². The third-order valence-corrected chi connectivity index (χ3v) is 5.13. The Morgan fingerprint density at radius 2 is 1.59 bits per heavy atom. The van der Waals surface area contributed by atoms with E-state index in [-0.39, 0.29) is 22.0 Å². The van der Waals surface area contributed by atoms with Crippen LogP contribution in [0.5, 0.6) is 5.75 Å². The average molecular weight is 432 g/mol. The lowest BCUT2D eigenvalue weighted by molar-refractivity contribution is -0.140. The summed E-state index contributed by atoms with van der Waals surface area (Å²) in [5.41, 5.74) is -1.42. The van der Waals surface area contributed by atoms with Crippen LogP contribution in [0.2, 0.25) is 0 Å². The van der Waals surface area contributed by atoms with Crippen molar-refractivity contribution in [1.29, 1.82) is 0 Å². The summed E-state index contributed by atoms with van der Waals surface area (Å²) in [6.45, 7) is 0. The molecule has 0 N–H and O–H groups in total. The largest absolute Gasteiger partial charge is 0.491 e. The summed E-state index contributed by atoms with van der Waals surface area (Å²) >= 11 is 0. The normalized spacial score (nSPS) is 12.2. The van der Waals surface area contributed by atoms with Gasteiger partial charge in [0.05, 0.1) is 12.0 Å². The minimum Gasteiger partial charge on any atom is -0.491 e. The summed E-state index contributed by atoms with van der Waals surface area (Å²) in [6, 6.07) is 6.53. The second-order valence-corrected chi connectivity index (χ2v) is 8.07. The highest BCUT2D eigenvalue weighted by molar-refractivity contribution is 7.90. The van der Waals surface area contributed by atoms with E-state index in [0.29, 0.717) is 6.20 Å². The summed E-state index contributed by atoms with van der Waals surface area (Å²) in [7, 11) is -2.47. The van der Waals surface area contributed by atoms with E-state index in [9.17, 15) is 30.4 Å². The molecule has 3 aromatic rings. The van der Waals surface area contributed by atoms with Crippen molar-refractivity contribution in [2.45, 2.75) is 11.1 Å². The number of ether oxygens (including phenoxy) is 1. The third-order valence-electron chi connectivity index (χ3n) is 4.00. The van der Waals surface area contributed by atoms with Crippen LogP contribution < -0.4 is 4.74 Å². The Morgan fingerprint density at radius 3 is 2.03 bits per heavy atom. The SMILES string of the molecule is COc1c(F)cc(-c2nc(C(F)(F)F)cn2-c2ccc(S(C)(=O)=O)cc2)cc1F. The molecule has 5 nitrogen and oxygen atoms in total. The topological polar surface area (TPSA) is 61.2 Å². The molecule has 1 aromatic heterocycles. The van der Waals surface area contributed by atoms with Crippen molar-refractivity contribution >= 4 is 9.84 Å². The molecule has 0 saturated carbocycles. The fraction of sp³-hybridized carbons (Fsp3) is 0.167. The second-order valence-electron chi connectivity index (χ2n) is 6.06. The number of methoxy groups -OCH3 is 1. The van der Waals surface area contributed by atoms with Crippen molar-refractivity contribution in [2.75, 3.05) is 13.4 Å². The molecule has 0 fully saturated rings. The highest BCUT2D eigenvalue weighted by Gasteiger charge is 2.35. The molecule has 0 radical (unpaired) electrons. The smallest absolute Gasteiger partial charge is 0.434 e. The lowest BCUT2D eigenvalue weighted by Crippen LogP contribution is -2.05. The monoisotopic (exact) mass is 432 g/mol. The number of aromatic nitrogens is 2. The minimum atomic E-state index is -4.81. The number of hydrogen-bond acceptors (Lipinski definition) is 4. The van der Waals surface area contributed by atoms with Crippen LogP contribution in [0.1, 0.15) is 5.69 Å². The Labute approximate surface area is 162 Å². The van der Waals surface area contributed by atoms with Crippen molar-refractivity contribution in [3.63, 3.8) is 0 Å². The Morgan fingerprint density at radius 1 is 1.03 bits per heavy atom. The van der Waals surface area contributed by atoms with E-state index >= 15 is 0 Å². The molecule has 0 aliphatic rings. The maximum absolute atomic E-state index is 14.1. The van der Waals surface area contributed by atoms with Crippen molar-refractivity contribution in [1.82, 2.24) is 9.55 Å². The molecule has 0 unspecified atom stereocenters. The summed E-state index contributed by atoms with van der Waals surface area (Å²) in [4.78, 5) is 3.44. The van der Waals surface area contributed by atoms with Gasteiger partial charge in [0.15, 0.2) is 32.9 Å². The van der Waals surface area contributed by atoms with Crippen LogP contribution >= 0.6 is 0 Å². The van der Waals surface area contributed by atoms with Crippen molar-refractivity contribution in [3.05, 3.63) is 59.9 Å². The van der Waals surface area contributed by atoms with Gasteiger partial charge >= 0.3 is 6.18 Å². The third kappa shape index (κ3) is 4.09. The van der Waals surface area contributed by atoms with E-state index in [4.69, 9.17) is 0 Å². The van der Waals surface area contributed by atoms with Gasteiger partial charge in [-0.1, -0.05) is 0 Å². The van der Waals surface area contributed by atoms with Crippen LogP contribution in [0.15, 0.2) is 47.5 Å². The summed E-state index contributed by atoms with van der Waals surface area (Å²) in [5.74, 6) is -3.29. The number of sulfone groups is 1. The van der Waals surface area contributed by atoms with Gasteiger partial charge in [0.1, 0.15) is 5.82 Å². The predicted octanol–water partition coefficient (Wildman–Crippen LogP) is 4.25. The second kappa shape index (κ2) is 7.14. The van der Waals surface area contributed by atoms with Gasteiger partial charge < -0.3 is 4.74 Å². The number of nitrogens with zero attached hydrogens (tertiary/aromatic N) is 2. The standard InChI is InChI=1S/C18H13F5N2O3S/c1-28-16-13(19)7-10(8-14(16)20)17-24-15(18(21,22)23)9-25(17)11-3-5-12(6-4-11)29(2,26)27/h3-9H,1-2H3. The molecule has 0 atom stereocenters. The van der Waals surface area contributed by atoms with Crippen molar-refractivity contribution in [3.8, 4) is 22.8 Å². The van der Waals surface area contributed by atoms with Gasteiger partial charge in [-0.25, -0.2) is 22.2 Å². The summed E-state index contributed by atoms with van der Waals surface area (Å²) in [5, 5.41) is 0. The van der Waals surface area contributed by atoms with Gasteiger partial charge in [-0.15, -0.1) is 0 Å². The number of alkyl halides is 3. The van der Waals surface area contributed by atoms with Gasteiger partial charge in [0.2, 0.25) is 0 Å². The zero-order valence-electron chi connectivity index (χ0n) is 15.0. The van der Waals surface area contributed by atoms with E-state index < -0.39 is 39.1 Å². The van der Waals surface area contributed by atoms with Gasteiger partial charge in [-0.05, 0) is 36.4 Å². The molecule has 2 aromatic carbocycles. The lowest BCUT2D eigenvalue weighted by Gasteiger charge is -2.10. The molecule has 1 heterocycles. The number of rotatable bonds is 4. The molecule has 0 amide bonds. The van der Waals surface area contributed by atoms with Crippen LogP contribution in [0, 0.1) is 11.6 Å². The van der Waals surface area contributed by atoms with Gasteiger partial charge in [-0.2, -0.15) is 13.2 Å². The fourth-order valence-electron chi connectivity index (χ4n) is 2.66. The molecule has 0 saturated heterocycles. The van der Waals surface area contributed by atoms with Gasteiger partial charge in [0.25, 0.3) is 0 Å². The molecular weight excluding hydrogens is 419 g/mol. The van der Waals surface area contributed by atoms with Crippen molar-refractivity contribution < 1.29 is 35.1 Å². The number of benzene rings is 2. The lowest BCUT2D eigenvalue weighted by atomic mass is 10.1. The molecule has 29 heavy (non-hydrogen) atoms. The quantitative estimate of drug-likeness (QED) is 0.579. The Bertz CT molecular complexity index is 1150. The average Bonchev–Trinajstić information content (AvgIpc) is 3.06. The molecular formula is C18H13F5N2O3S. The minimum absolute atomic E-state index is 0.0412. The van der Waals surface area contributed by atoms with Gasteiger partial charge in [0, 0.05) is 23.7 Å². The van der Waals surface area contributed by atoms with Crippen LogP contribution in [-0.4, -0.2) is 31.3 Å². The molecule has 0 aliphatic heterocycles. The first-order valence-corrected chi connectivity index (χ1v) is 9.81. The number of halogens is 5. The van der Waals surface area contributed by atoms with Crippen molar-refractivity contribution in [2.24, 2.45) is 0 Å². The van der Waals surface area contributed by atoms with E-state index in [1.165, 1.54) is 24.3 Å². The van der Waals surface area contributed by atoms with Crippen LogP contribution in [0.25, 0.3) is 17.1 Å². The highest BCUT2D eigenvalue weighted by atomic mass is 32.2. The zero-order chi connectivity index (χ0) is 21.6.